The van der Waals surface area contributed by atoms with Crippen molar-refractivity contribution in [3.63, 3.8) is 0 Å². The van der Waals surface area contributed by atoms with Gasteiger partial charge in [0.15, 0.2) is 28.7 Å². The largest absolute Gasteiger partial charge is 0.493 e. The minimum atomic E-state index is -1.18. The van der Waals surface area contributed by atoms with Crippen LogP contribution in [0.5, 0.6) is 17.2 Å². The Morgan fingerprint density at radius 3 is 2.45 bits per heavy atom. The van der Waals surface area contributed by atoms with Crippen molar-refractivity contribution < 1.29 is 33.6 Å². The topological polar surface area (TPSA) is 126 Å². The normalized spacial score (nSPS) is 14.9. The number of fused-ring (bicyclic) bond motifs is 1. The van der Waals surface area contributed by atoms with E-state index in [0.29, 0.717) is 37.7 Å². The van der Waals surface area contributed by atoms with Crippen molar-refractivity contribution in [1.29, 1.82) is 0 Å². The average molecular weight is 636 g/mol. The number of nitrogens with zero attached hydrogens (tertiary/aromatic N) is 2. The van der Waals surface area contributed by atoms with Gasteiger partial charge in [0.1, 0.15) is 0 Å². The zero-order valence-electron chi connectivity index (χ0n) is 23.4. The van der Waals surface area contributed by atoms with E-state index in [0.717, 1.165) is 11.3 Å². The first-order chi connectivity index (χ1) is 19.9. The molecule has 42 heavy (non-hydrogen) atoms. The fraction of sp³-hybridized carbons (Fsp3) is 0.310. The minimum Gasteiger partial charge on any atom is -0.493 e. The number of halogens is 2. The van der Waals surface area contributed by atoms with E-state index >= 15 is 0 Å². The molecule has 2 aromatic carbocycles. The summed E-state index contributed by atoms with van der Waals surface area (Å²) in [5, 5.41) is 9.05. The molecule has 13 heteroatoms. The number of ether oxygens (including phenoxy) is 4. The van der Waals surface area contributed by atoms with Gasteiger partial charge in [0.05, 0.1) is 51.7 Å². The highest BCUT2D eigenvalue weighted by Crippen LogP contribution is 2.37. The number of hydrogen-bond donors (Lipinski definition) is 1. The van der Waals surface area contributed by atoms with Crippen molar-refractivity contribution in [2.45, 2.75) is 39.8 Å². The standard InChI is InChI=1S/C29H28Cl2N2O8S/c1-6-39-28(37)24-15(4)32-29-33(25(24)17-7-8-20(41-14(2)3)21(12-17)38-5)27(36)22(42-29)11-16-9-18(30)26(19(31)10-16)40-13-23(34)35/h7-12,14,25H,6,13H2,1-5H3,(H,34,35)/b22-11-/t25-/m0/s1. The third-order valence-electron chi connectivity index (χ3n) is 6.04. The lowest BCUT2D eigenvalue weighted by Gasteiger charge is -2.25. The number of esters is 1. The van der Waals surface area contributed by atoms with Crippen LogP contribution in [0.15, 0.2) is 51.4 Å². The molecule has 0 bridgehead atoms. The molecule has 4 rings (SSSR count). The molecule has 0 radical (unpaired) electrons. The van der Waals surface area contributed by atoms with Crippen LogP contribution in [0.3, 0.4) is 0 Å². The third kappa shape index (κ3) is 6.48. The van der Waals surface area contributed by atoms with Crippen molar-refractivity contribution in [1.82, 2.24) is 4.57 Å². The molecule has 0 saturated carbocycles. The number of allylic oxidation sites excluding steroid dienone is 1. The molecule has 1 aliphatic rings. The van der Waals surface area contributed by atoms with Gasteiger partial charge in [-0.3, -0.25) is 9.36 Å². The molecule has 222 valence electrons. The lowest BCUT2D eigenvalue weighted by atomic mass is 9.95. The number of carboxylic acid groups (broad SMARTS) is 1. The lowest BCUT2D eigenvalue weighted by molar-refractivity contribution is -0.140. The van der Waals surface area contributed by atoms with Crippen LogP contribution in [-0.2, 0) is 14.3 Å². The first-order valence-electron chi connectivity index (χ1n) is 12.8. The van der Waals surface area contributed by atoms with E-state index in [1.165, 1.54) is 23.8 Å². The quantitative estimate of drug-likeness (QED) is 0.326. The lowest BCUT2D eigenvalue weighted by Crippen LogP contribution is -2.40. The Kier molecular flexibility index (Phi) is 9.65. The molecule has 10 nitrogen and oxygen atoms in total. The van der Waals surface area contributed by atoms with Crippen molar-refractivity contribution >= 4 is 52.6 Å². The number of carbonyl (C=O) groups is 2. The maximum absolute atomic E-state index is 13.9. The Hall–Kier alpha value is -3.80. The molecule has 0 fully saturated rings. The minimum absolute atomic E-state index is 0.0212. The molecule has 0 spiro atoms. The number of hydrogen-bond acceptors (Lipinski definition) is 9. The predicted octanol–water partition coefficient (Wildman–Crippen LogP) is 4.36. The molecule has 1 atom stereocenters. The van der Waals surface area contributed by atoms with Crippen LogP contribution in [0.4, 0.5) is 0 Å². The fourth-order valence-corrected chi connectivity index (χ4v) is 6.06. The maximum Gasteiger partial charge on any atom is 0.341 e. The summed E-state index contributed by atoms with van der Waals surface area (Å²) >= 11 is 13.7. The summed E-state index contributed by atoms with van der Waals surface area (Å²) in [4.78, 5) is 42.9. The van der Waals surface area contributed by atoms with E-state index in [1.807, 2.05) is 13.8 Å². The number of carbonyl (C=O) groups excluding carboxylic acids is 1. The summed E-state index contributed by atoms with van der Waals surface area (Å²) < 4.78 is 23.7. The Balaban J connectivity index is 1.89. The van der Waals surface area contributed by atoms with E-state index in [4.69, 9.17) is 47.3 Å². The van der Waals surface area contributed by atoms with Gasteiger partial charge in [0.2, 0.25) is 0 Å². The second-order valence-electron chi connectivity index (χ2n) is 9.38. The summed E-state index contributed by atoms with van der Waals surface area (Å²) in [6.07, 6.45) is 1.49. The summed E-state index contributed by atoms with van der Waals surface area (Å²) in [7, 11) is 1.51. The van der Waals surface area contributed by atoms with Crippen LogP contribution < -0.4 is 29.1 Å². The van der Waals surface area contributed by atoms with Gasteiger partial charge in [-0.2, -0.15) is 0 Å². The summed E-state index contributed by atoms with van der Waals surface area (Å²) in [5.41, 5.74) is 1.31. The number of benzene rings is 2. The monoisotopic (exact) mass is 634 g/mol. The Morgan fingerprint density at radius 2 is 1.86 bits per heavy atom. The van der Waals surface area contributed by atoms with Crippen LogP contribution in [0.1, 0.15) is 44.9 Å². The van der Waals surface area contributed by atoms with Crippen LogP contribution in [0.2, 0.25) is 10.0 Å². The predicted molar refractivity (Wildman–Crippen MR) is 159 cm³/mol. The maximum atomic E-state index is 13.9. The first kappa shape index (κ1) is 31.1. The second-order valence-corrected chi connectivity index (χ2v) is 11.2. The number of aliphatic carboxylic acids is 1. The van der Waals surface area contributed by atoms with E-state index in [9.17, 15) is 14.4 Å². The summed E-state index contributed by atoms with van der Waals surface area (Å²) in [6.45, 7) is 6.71. The Bertz CT molecular complexity index is 1740. The summed E-state index contributed by atoms with van der Waals surface area (Å²) in [6, 6.07) is 7.40. The van der Waals surface area contributed by atoms with Gasteiger partial charge in [-0.1, -0.05) is 40.6 Å². The van der Waals surface area contributed by atoms with E-state index < -0.39 is 30.1 Å². The molecule has 1 N–H and O–H groups in total. The summed E-state index contributed by atoms with van der Waals surface area (Å²) in [5.74, 6) is -0.788. The molecule has 1 aromatic heterocycles. The third-order valence-corrected chi connectivity index (χ3v) is 7.59. The molecule has 2 heterocycles. The van der Waals surface area contributed by atoms with Crippen LogP contribution in [0, 0.1) is 0 Å². The van der Waals surface area contributed by atoms with Gasteiger partial charge in [0.25, 0.3) is 5.56 Å². The van der Waals surface area contributed by atoms with Gasteiger partial charge in [0, 0.05) is 0 Å². The highest BCUT2D eigenvalue weighted by atomic mass is 35.5. The fourth-order valence-electron chi connectivity index (χ4n) is 4.40. The SMILES string of the molecule is CCOC(=O)C1=C(C)N=c2s/c(=C\c3cc(Cl)c(OCC(=O)O)c(Cl)c3)c(=O)n2[C@H]1c1ccc(OC(C)C)c(OC)c1. The van der Waals surface area contributed by atoms with Crippen molar-refractivity contribution in [3.8, 4) is 17.2 Å². The van der Waals surface area contributed by atoms with Crippen molar-refractivity contribution in [2.75, 3.05) is 20.3 Å². The van der Waals surface area contributed by atoms with E-state index in [-0.39, 0.29) is 34.1 Å². The molecule has 3 aromatic rings. The second kappa shape index (κ2) is 13.0. The zero-order valence-corrected chi connectivity index (χ0v) is 25.7. The molecular weight excluding hydrogens is 607 g/mol. The number of thiazole rings is 1. The van der Waals surface area contributed by atoms with Gasteiger partial charge in [-0.05, 0) is 69.2 Å². The van der Waals surface area contributed by atoms with E-state index in [2.05, 4.69) is 4.99 Å². The first-order valence-corrected chi connectivity index (χ1v) is 14.4. The molecule has 1 aliphatic heterocycles. The zero-order chi connectivity index (χ0) is 30.7. The van der Waals surface area contributed by atoms with Crippen molar-refractivity contribution in [2.24, 2.45) is 4.99 Å². The average Bonchev–Trinajstić information content (AvgIpc) is 3.21. The van der Waals surface area contributed by atoms with Gasteiger partial charge < -0.3 is 24.1 Å². The van der Waals surface area contributed by atoms with Gasteiger partial charge in [-0.25, -0.2) is 14.6 Å². The van der Waals surface area contributed by atoms with Gasteiger partial charge >= 0.3 is 11.9 Å². The Morgan fingerprint density at radius 1 is 1.17 bits per heavy atom. The molecule has 0 aliphatic carbocycles. The van der Waals surface area contributed by atoms with E-state index in [1.54, 1.807) is 38.1 Å². The number of carboxylic acids is 1. The molecule has 0 amide bonds. The number of rotatable bonds is 10. The molecule has 0 saturated heterocycles. The number of aromatic nitrogens is 1. The highest BCUT2D eigenvalue weighted by Gasteiger charge is 2.34. The highest BCUT2D eigenvalue weighted by molar-refractivity contribution is 7.07. The van der Waals surface area contributed by atoms with Crippen LogP contribution in [-0.4, -0.2) is 48.0 Å². The van der Waals surface area contributed by atoms with Crippen molar-refractivity contribution in [3.05, 3.63) is 82.5 Å². The molecular formula is C29H28Cl2N2O8S. The van der Waals surface area contributed by atoms with Gasteiger partial charge in [-0.15, -0.1) is 0 Å². The van der Waals surface area contributed by atoms with Crippen LogP contribution >= 0.6 is 34.5 Å². The van der Waals surface area contributed by atoms with Crippen LogP contribution in [0.25, 0.3) is 6.08 Å². The number of methoxy groups -OCH3 is 1. The Labute approximate surface area is 255 Å². The smallest absolute Gasteiger partial charge is 0.341 e. The molecule has 0 unspecified atom stereocenters.